The van der Waals surface area contributed by atoms with Gasteiger partial charge in [0.2, 0.25) is 0 Å². The van der Waals surface area contributed by atoms with Gasteiger partial charge < -0.3 is 10.4 Å². The minimum Gasteiger partial charge on any atom is -0.508 e. The molecule has 1 saturated heterocycles. The van der Waals surface area contributed by atoms with Crippen molar-refractivity contribution in [2.45, 2.75) is 18.8 Å². The largest absolute Gasteiger partial charge is 0.508 e. The van der Waals surface area contributed by atoms with E-state index in [-0.39, 0.29) is 11.7 Å². The van der Waals surface area contributed by atoms with Crippen molar-refractivity contribution in [2.24, 2.45) is 0 Å². The fourth-order valence-electron chi connectivity index (χ4n) is 2.01. The SMILES string of the molecule is Oc1cc(F)c(F)cc1C1CCNCC1. The van der Waals surface area contributed by atoms with Crippen LogP contribution in [0.3, 0.4) is 0 Å². The van der Waals surface area contributed by atoms with Gasteiger partial charge in [-0.05, 0) is 37.9 Å². The Kier molecular flexibility index (Phi) is 2.86. The highest BCUT2D eigenvalue weighted by Gasteiger charge is 2.20. The molecule has 0 saturated carbocycles. The van der Waals surface area contributed by atoms with Crippen LogP contribution in [0.1, 0.15) is 24.3 Å². The second-order valence-electron chi connectivity index (χ2n) is 3.85. The van der Waals surface area contributed by atoms with Crippen LogP contribution in [0.25, 0.3) is 0 Å². The first kappa shape index (κ1) is 10.4. The highest BCUT2D eigenvalue weighted by atomic mass is 19.2. The molecule has 1 aromatic carbocycles. The first-order valence-electron chi connectivity index (χ1n) is 5.07. The fourth-order valence-corrected chi connectivity index (χ4v) is 2.01. The van der Waals surface area contributed by atoms with Gasteiger partial charge in [0, 0.05) is 11.6 Å². The minimum absolute atomic E-state index is 0.126. The standard InChI is InChI=1S/C11H13F2NO/c12-9-5-8(11(15)6-10(9)13)7-1-3-14-4-2-7/h5-7,14-15H,1-4H2. The summed E-state index contributed by atoms with van der Waals surface area (Å²) in [6, 6.07) is 1.97. The Morgan fingerprint density at radius 1 is 1.13 bits per heavy atom. The summed E-state index contributed by atoms with van der Waals surface area (Å²) in [4.78, 5) is 0. The van der Waals surface area contributed by atoms with E-state index in [9.17, 15) is 13.9 Å². The number of piperidine rings is 1. The van der Waals surface area contributed by atoms with E-state index in [1.54, 1.807) is 0 Å². The molecule has 0 bridgehead atoms. The van der Waals surface area contributed by atoms with Crippen LogP contribution in [0.5, 0.6) is 5.75 Å². The molecule has 82 valence electrons. The number of halogens is 2. The zero-order valence-electron chi connectivity index (χ0n) is 8.26. The molecule has 0 spiro atoms. The molecule has 15 heavy (non-hydrogen) atoms. The van der Waals surface area contributed by atoms with Crippen molar-refractivity contribution < 1.29 is 13.9 Å². The molecule has 2 nitrogen and oxygen atoms in total. The Morgan fingerprint density at radius 2 is 1.73 bits per heavy atom. The molecule has 0 aliphatic carbocycles. The Labute approximate surface area is 86.9 Å². The summed E-state index contributed by atoms with van der Waals surface area (Å²) < 4.78 is 25.8. The van der Waals surface area contributed by atoms with E-state index in [1.165, 1.54) is 0 Å². The van der Waals surface area contributed by atoms with Gasteiger partial charge in [0.15, 0.2) is 11.6 Å². The van der Waals surface area contributed by atoms with Gasteiger partial charge in [-0.1, -0.05) is 0 Å². The third-order valence-corrected chi connectivity index (χ3v) is 2.85. The van der Waals surface area contributed by atoms with E-state index in [0.717, 1.165) is 38.1 Å². The van der Waals surface area contributed by atoms with Crippen LogP contribution < -0.4 is 5.32 Å². The van der Waals surface area contributed by atoms with Crippen molar-refractivity contribution in [2.75, 3.05) is 13.1 Å². The summed E-state index contributed by atoms with van der Waals surface area (Å²) in [6.07, 6.45) is 1.69. The number of benzene rings is 1. The van der Waals surface area contributed by atoms with Crippen LogP contribution in [0, 0.1) is 11.6 Å². The Bertz CT molecular complexity index is 362. The Morgan fingerprint density at radius 3 is 2.40 bits per heavy atom. The van der Waals surface area contributed by atoms with E-state index in [4.69, 9.17) is 0 Å². The third kappa shape index (κ3) is 2.09. The van der Waals surface area contributed by atoms with Crippen molar-refractivity contribution in [1.82, 2.24) is 5.32 Å². The smallest absolute Gasteiger partial charge is 0.162 e. The minimum atomic E-state index is -0.995. The lowest BCUT2D eigenvalue weighted by Gasteiger charge is -2.23. The fraction of sp³-hybridized carbons (Fsp3) is 0.455. The highest BCUT2D eigenvalue weighted by Crippen LogP contribution is 2.33. The van der Waals surface area contributed by atoms with Crippen LogP contribution in [-0.4, -0.2) is 18.2 Å². The second-order valence-corrected chi connectivity index (χ2v) is 3.85. The predicted molar refractivity (Wildman–Crippen MR) is 52.9 cm³/mol. The van der Waals surface area contributed by atoms with Crippen molar-refractivity contribution in [3.8, 4) is 5.75 Å². The molecule has 1 aliphatic rings. The summed E-state index contributed by atoms with van der Waals surface area (Å²) in [7, 11) is 0. The van der Waals surface area contributed by atoms with Gasteiger partial charge in [-0.3, -0.25) is 0 Å². The topological polar surface area (TPSA) is 32.3 Å². The molecule has 0 atom stereocenters. The molecule has 0 radical (unpaired) electrons. The van der Waals surface area contributed by atoms with Gasteiger partial charge in [0.25, 0.3) is 0 Å². The van der Waals surface area contributed by atoms with Crippen molar-refractivity contribution in [3.05, 3.63) is 29.3 Å². The predicted octanol–water partition coefficient (Wildman–Crippen LogP) is 2.14. The van der Waals surface area contributed by atoms with E-state index in [2.05, 4.69) is 5.32 Å². The number of phenolic OH excluding ortho intramolecular Hbond substituents is 1. The molecule has 1 fully saturated rings. The maximum absolute atomic E-state index is 13.0. The summed E-state index contributed by atoms with van der Waals surface area (Å²) in [5.74, 6) is -1.89. The average molecular weight is 213 g/mol. The lowest BCUT2D eigenvalue weighted by Crippen LogP contribution is -2.26. The summed E-state index contributed by atoms with van der Waals surface area (Å²) in [5, 5.41) is 12.7. The third-order valence-electron chi connectivity index (χ3n) is 2.85. The number of nitrogens with one attached hydrogen (secondary N) is 1. The summed E-state index contributed by atoms with van der Waals surface area (Å²) in [5.41, 5.74) is 0.524. The van der Waals surface area contributed by atoms with Crippen molar-refractivity contribution >= 4 is 0 Å². The van der Waals surface area contributed by atoms with E-state index in [0.29, 0.717) is 5.56 Å². The molecule has 2 N–H and O–H groups in total. The van der Waals surface area contributed by atoms with Gasteiger partial charge >= 0.3 is 0 Å². The Hall–Kier alpha value is -1.16. The van der Waals surface area contributed by atoms with E-state index < -0.39 is 11.6 Å². The molecule has 2 rings (SSSR count). The molecular weight excluding hydrogens is 200 g/mol. The summed E-state index contributed by atoms with van der Waals surface area (Å²) >= 11 is 0. The molecule has 1 aliphatic heterocycles. The van der Waals surface area contributed by atoms with E-state index >= 15 is 0 Å². The van der Waals surface area contributed by atoms with Crippen molar-refractivity contribution in [1.29, 1.82) is 0 Å². The van der Waals surface area contributed by atoms with E-state index in [1.807, 2.05) is 0 Å². The van der Waals surface area contributed by atoms with Gasteiger partial charge in [0.05, 0.1) is 0 Å². The lowest BCUT2D eigenvalue weighted by atomic mass is 9.89. The second kappa shape index (κ2) is 4.14. The first-order valence-corrected chi connectivity index (χ1v) is 5.07. The number of hydrogen-bond acceptors (Lipinski definition) is 2. The number of phenols is 1. The quantitative estimate of drug-likeness (QED) is 0.749. The molecule has 0 amide bonds. The van der Waals surface area contributed by atoms with Gasteiger partial charge in [-0.2, -0.15) is 0 Å². The van der Waals surface area contributed by atoms with Gasteiger partial charge in [0.1, 0.15) is 5.75 Å². The van der Waals surface area contributed by atoms with Crippen LogP contribution in [0.15, 0.2) is 12.1 Å². The monoisotopic (exact) mass is 213 g/mol. The normalized spacial score (nSPS) is 18.0. The number of rotatable bonds is 1. The zero-order chi connectivity index (χ0) is 10.8. The first-order chi connectivity index (χ1) is 7.18. The van der Waals surface area contributed by atoms with Crippen LogP contribution in [0.2, 0.25) is 0 Å². The van der Waals surface area contributed by atoms with Crippen LogP contribution in [0.4, 0.5) is 8.78 Å². The average Bonchev–Trinajstić information content (AvgIpc) is 2.25. The summed E-state index contributed by atoms with van der Waals surface area (Å²) in [6.45, 7) is 1.70. The van der Waals surface area contributed by atoms with Gasteiger partial charge in [-0.25, -0.2) is 8.78 Å². The molecule has 0 unspecified atom stereocenters. The van der Waals surface area contributed by atoms with Gasteiger partial charge in [-0.15, -0.1) is 0 Å². The highest BCUT2D eigenvalue weighted by molar-refractivity contribution is 5.36. The molecule has 0 aromatic heterocycles. The van der Waals surface area contributed by atoms with Crippen molar-refractivity contribution in [3.63, 3.8) is 0 Å². The van der Waals surface area contributed by atoms with Crippen LogP contribution >= 0.6 is 0 Å². The molecular formula is C11H13F2NO. The molecule has 1 aromatic rings. The lowest BCUT2D eigenvalue weighted by molar-refractivity contribution is 0.412. The molecule has 1 heterocycles. The zero-order valence-corrected chi connectivity index (χ0v) is 8.26. The maximum atomic E-state index is 13.0. The number of hydrogen-bond donors (Lipinski definition) is 2. The number of aromatic hydroxyl groups is 1. The van der Waals surface area contributed by atoms with Crippen LogP contribution in [-0.2, 0) is 0 Å². The molecule has 4 heteroatoms. The maximum Gasteiger partial charge on any atom is 0.162 e. The Balaban J connectivity index is 2.30.